The zero-order valence-corrected chi connectivity index (χ0v) is 11.4. The second-order valence-corrected chi connectivity index (χ2v) is 5.47. The lowest BCUT2D eigenvalue weighted by molar-refractivity contribution is -0.124. The van der Waals surface area contributed by atoms with Crippen LogP contribution in [0.2, 0.25) is 0 Å². The number of carbonyl (C=O) groups is 2. The molecule has 1 aliphatic carbocycles. The van der Waals surface area contributed by atoms with Crippen molar-refractivity contribution < 1.29 is 14.3 Å². The molecule has 106 valence electrons. The van der Waals surface area contributed by atoms with Gasteiger partial charge in [-0.1, -0.05) is 33.1 Å². The van der Waals surface area contributed by atoms with Crippen molar-refractivity contribution in [1.29, 1.82) is 0 Å². The Bertz CT molecular complexity index is 387. The average Bonchev–Trinajstić information content (AvgIpc) is 2.71. The smallest absolute Gasteiger partial charge is 0.345 e. The SMILES string of the molecule is CC(C)C1O/C(=N/C(=O)NC2CCCCC2)NC1=O. The number of amides is 3. The van der Waals surface area contributed by atoms with Gasteiger partial charge in [0.1, 0.15) is 0 Å². The van der Waals surface area contributed by atoms with E-state index in [1.54, 1.807) is 0 Å². The lowest BCUT2D eigenvalue weighted by atomic mass is 9.96. The molecule has 1 heterocycles. The van der Waals surface area contributed by atoms with Gasteiger partial charge >= 0.3 is 12.1 Å². The molecule has 6 heteroatoms. The maximum atomic E-state index is 11.7. The van der Waals surface area contributed by atoms with Crippen LogP contribution in [-0.2, 0) is 9.53 Å². The van der Waals surface area contributed by atoms with Gasteiger partial charge in [0.2, 0.25) is 0 Å². The molecule has 2 N–H and O–H groups in total. The molecule has 2 fully saturated rings. The Morgan fingerprint density at radius 1 is 1.37 bits per heavy atom. The molecule has 2 rings (SSSR count). The summed E-state index contributed by atoms with van der Waals surface area (Å²) in [5.74, 6) is -0.187. The van der Waals surface area contributed by atoms with Crippen molar-refractivity contribution in [3.05, 3.63) is 0 Å². The van der Waals surface area contributed by atoms with Crippen molar-refractivity contribution in [3.8, 4) is 0 Å². The summed E-state index contributed by atoms with van der Waals surface area (Å²) in [5, 5.41) is 5.33. The number of nitrogens with zero attached hydrogens (tertiary/aromatic N) is 1. The number of urea groups is 1. The summed E-state index contributed by atoms with van der Waals surface area (Å²) in [5.41, 5.74) is 0. The van der Waals surface area contributed by atoms with E-state index in [0.717, 1.165) is 25.7 Å². The Morgan fingerprint density at radius 2 is 2.05 bits per heavy atom. The zero-order valence-electron chi connectivity index (χ0n) is 11.4. The van der Waals surface area contributed by atoms with E-state index in [4.69, 9.17) is 4.74 Å². The van der Waals surface area contributed by atoms with E-state index >= 15 is 0 Å². The van der Waals surface area contributed by atoms with Crippen LogP contribution in [0.4, 0.5) is 4.79 Å². The van der Waals surface area contributed by atoms with Crippen LogP contribution in [0.1, 0.15) is 46.0 Å². The van der Waals surface area contributed by atoms with E-state index in [-0.39, 0.29) is 23.9 Å². The Kier molecular flexibility index (Phi) is 4.39. The predicted octanol–water partition coefficient (Wildman–Crippen LogP) is 1.56. The van der Waals surface area contributed by atoms with Crippen LogP contribution in [0, 0.1) is 5.92 Å². The minimum absolute atomic E-state index is 0.0111. The normalized spacial score (nSPS) is 26.4. The molecule has 1 unspecified atom stereocenters. The summed E-state index contributed by atoms with van der Waals surface area (Å²) < 4.78 is 5.32. The minimum Gasteiger partial charge on any atom is -0.451 e. The fourth-order valence-electron chi connectivity index (χ4n) is 2.42. The highest BCUT2D eigenvalue weighted by molar-refractivity contribution is 6.05. The second kappa shape index (κ2) is 6.04. The van der Waals surface area contributed by atoms with Gasteiger partial charge in [-0.2, -0.15) is 0 Å². The van der Waals surface area contributed by atoms with Crippen molar-refractivity contribution in [1.82, 2.24) is 10.6 Å². The molecule has 3 amide bonds. The number of hydrogen-bond donors (Lipinski definition) is 2. The van der Waals surface area contributed by atoms with Gasteiger partial charge < -0.3 is 10.1 Å². The van der Waals surface area contributed by atoms with Crippen LogP contribution in [-0.4, -0.2) is 30.1 Å². The third kappa shape index (κ3) is 3.68. The van der Waals surface area contributed by atoms with Gasteiger partial charge in [-0.3, -0.25) is 10.1 Å². The molecule has 1 aliphatic heterocycles. The first-order valence-electron chi connectivity index (χ1n) is 6.93. The minimum atomic E-state index is -0.554. The molecule has 6 nitrogen and oxygen atoms in total. The topological polar surface area (TPSA) is 79.8 Å². The summed E-state index contributed by atoms with van der Waals surface area (Å²) in [6, 6.07) is -0.229. The van der Waals surface area contributed by atoms with Crippen LogP contribution in [0.25, 0.3) is 0 Å². The molecule has 0 aromatic heterocycles. The monoisotopic (exact) mass is 267 g/mol. The van der Waals surface area contributed by atoms with Crippen LogP contribution >= 0.6 is 0 Å². The molecule has 0 aromatic rings. The number of carbonyl (C=O) groups excluding carboxylic acids is 2. The van der Waals surface area contributed by atoms with Crippen LogP contribution in [0.15, 0.2) is 4.99 Å². The quantitative estimate of drug-likeness (QED) is 0.796. The molecule has 0 spiro atoms. The summed E-state index contributed by atoms with van der Waals surface area (Å²) in [6.45, 7) is 3.77. The fraction of sp³-hybridized carbons (Fsp3) is 0.769. The molecule has 0 aromatic carbocycles. The third-order valence-electron chi connectivity index (χ3n) is 3.47. The van der Waals surface area contributed by atoms with Crippen LogP contribution in [0.5, 0.6) is 0 Å². The van der Waals surface area contributed by atoms with E-state index in [9.17, 15) is 9.59 Å². The van der Waals surface area contributed by atoms with Gasteiger partial charge in [-0.05, 0) is 18.8 Å². The largest absolute Gasteiger partial charge is 0.451 e. The van der Waals surface area contributed by atoms with Crippen molar-refractivity contribution >= 4 is 18.0 Å². The molecule has 19 heavy (non-hydrogen) atoms. The second-order valence-electron chi connectivity index (χ2n) is 5.47. The number of nitrogens with one attached hydrogen (secondary N) is 2. The highest BCUT2D eigenvalue weighted by atomic mass is 16.5. The number of rotatable bonds is 2. The number of hydrogen-bond acceptors (Lipinski definition) is 3. The van der Waals surface area contributed by atoms with E-state index in [1.807, 2.05) is 13.8 Å². The van der Waals surface area contributed by atoms with Gasteiger partial charge in [0.15, 0.2) is 6.10 Å². The summed E-state index contributed by atoms with van der Waals surface area (Å²) >= 11 is 0. The third-order valence-corrected chi connectivity index (χ3v) is 3.47. The first kappa shape index (κ1) is 13.8. The van der Waals surface area contributed by atoms with E-state index in [0.29, 0.717) is 0 Å². The van der Waals surface area contributed by atoms with E-state index in [2.05, 4.69) is 15.6 Å². The molecule has 0 bridgehead atoms. The Labute approximate surface area is 113 Å². The standard InChI is InChI=1S/C13H21N3O3/c1-8(2)10-11(17)15-13(19-10)16-12(18)14-9-6-4-3-5-7-9/h8-10H,3-7H2,1-2H3,(H2,14,15,16,17,18). The summed E-state index contributed by atoms with van der Waals surface area (Å²) in [4.78, 5) is 27.0. The first-order chi connectivity index (χ1) is 9.06. The first-order valence-corrected chi connectivity index (χ1v) is 6.93. The molecule has 1 saturated heterocycles. The van der Waals surface area contributed by atoms with Crippen LogP contribution in [0.3, 0.4) is 0 Å². The fourth-order valence-corrected chi connectivity index (χ4v) is 2.42. The lowest BCUT2D eigenvalue weighted by Gasteiger charge is -2.21. The zero-order chi connectivity index (χ0) is 13.8. The molecular formula is C13H21N3O3. The Morgan fingerprint density at radius 3 is 2.63 bits per heavy atom. The van der Waals surface area contributed by atoms with Gasteiger partial charge in [-0.25, -0.2) is 4.79 Å². The van der Waals surface area contributed by atoms with Gasteiger partial charge in [0.05, 0.1) is 0 Å². The van der Waals surface area contributed by atoms with Gasteiger partial charge in [0, 0.05) is 6.04 Å². The van der Waals surface area contributed by atoms with Crippen molar-refractivity contribution in [2.45, 2.75) is 58.1 Å². The van der Waals surface area contributed by atoms with Gasteiger partial charge in [-0.15, -0.1) is 4.99 Å². The summed E-state index contributed by atoms with van der Waals surface area (Å²) in [7, 11) is 0. The summed E-state index contributed by atoms with van der Waals surface area (Å²) in [6.07, 6.45) is 4.96. The van der Waals surface area contributed by atoms with Crippen LogP contribution < -0.4 is 10.6 Å². The molecule has 1 atom stereocenters. The highest BCUT2D eigenvalue weighted by Crippen LogP contribution is 2.17. The lowest BCUT2D eigenvalue weighted by Crippen LogP contribution is -2.35. The number of amidine groups is 1. The number of ether oxygens (including phenoxy) is 1. The Hall–Kier alpha value is -1.59. The van der Waals surface area contributed by atoms with E-state index < -0.39 is 12.1 Å². The maximum absolute atomic E-state index is 11.7. The van der Waals surface area contributed by atoms with Gasteiger partial charge in [0.25, 0.3) is 5.91 Å². The van der Waals surface area contributed by atoms with Crippen molar-refractivity contribution in [2.75, 3.05) is 0 Å². The molecule has 2 aliphatic rings. The van der Waals surface area contributed by atoms with Crippen molar-refractivity contribution in [2.24, 2.45) is 10.9 Å². The predicted molar refractivity (Wildman–Crippen MR) is 70.7 cm³/mol. The maximum Gasteiger partial charge on any atom is 0.345 e. The van der Waals surface area contributed by atoms with Crippen molar-refractivity contribution in [3.63, 3.8) is 0 Å². The average molecular weight is 267 g/mol. The molecule has 0 radical (unpaired) electrons. The molecule has 1 saturated carbocycles. The van der Waals surface area contributed by atoms with E-state index in [1.165, 1.54) is 6.42 Å². The Balaban J connectivity index is 1.87. The molecular weight excluding hydrogens is 246 g/mol. The highest BCUT2D eigenvalue weighted by Gasteiger charge is 2.33. The number of aliphatic imine (C=N–C) groups is 1.